The minimum atomic E-state index is -1.32. The number of H-pyrrole nitrogens is 2. The molecule has 276 valence electrons. The van der Waals surface area contributed by atoms with Crippen molar-refractivity contribution in [2.45, 2.75) is 91.6 Å². The molecule has 0 radical (unpaired) electrons. The second-order valence-electron chi connectivity index (χ2n) is 13.8. The highest BCUT2D eigenvalue weighted by atomic mass is 16.4. The Morgan fingerprint density at radius 1 is 1.06 bits per heavy atom. The lowest BCUT2D eigenvalue weighted by Gasteiger charge is -2.23. The highest BCUT2D eigenvalue weighted by Gasteiger charge is 2.43. The normalized spacial score (nSPS) is 21.5. The maximum absolute atomic E-state index is 14.5. The van der Waals surface area contributed by atoms with Crippen LogP contribution >= 0.6 is 0 Å². The number of carboxylic acid groups (broad SMARTS) is 3. The first-order valence-electron chi connectivity index (χ1n) is 17.8. The zero-order valence-electron chi connectivity index (χ0n) is 30.4. The number of hydrogen-bond acceptors (Lipinski definition) is 7. The maximum atomic E-state index is 14.5. The fraction of sp³-hybridized carbons (Fsp3) is 0.436. The maximum Gasteiger partial charge on any atom is 0.338 e. The summed E-state index contributed by atoms with van der Waals surface area (Å²) in [4.78, 5) is 68.8. The minimum Gasteiger partial charge on any atom is -0.481 e. The van der Waals surface area contributed by atoms with Gasteiger partial charge in [0.25, 0.3) is 5.91 Å². The molecular weight excluding hydrogens is 664 g/mol. The molecule has 0 aromatic carbocycles. The van der Waals surface area contributed by atoms with Gasteiger partial charge in [-0.1, -0.05) is 26.5 Å². The van der Waals surface area contributed by atoms with Crippen molar-refractivity contribution < 1.29 is 34.5 Å². The van der Waals surface area contributed by atoms with Crippen LogP contribution in [0.2, 0.25) is 0 Å². The lowest BCUT2D eigenvalue weighted by molar-refractivity contribution is -0.141. The number of aliphatic carboxylic acids is 3. The molecular formula is C39H48N6O7. The molecule has 13 heteroatoms. The van der Waals surface area contributed by atoms with Crippen LogP contribution in [-0.2, 0) is 32.0 Å². The van der Waals surface area contributed by atoms with Crippen molar-refractivity contribution in [3.05, 3.63) is 73.3 Å². The van der Waals surface area contributed by atoms with Gasteiger partial charge in [-0.15, -0.1) is 0 Å². The first-order chi connectivity index (χ1) is 24.7. The van der Waals surface area contributed by atoms with Gasteiger partial charge in [-0.05, 0) is 99.8 Å². The van der Waals surface area contributed by atoms with Crippen LogP contribution in [0.3, 0.4) is 0 Å². The molecule has 0 aliphatic carbocycles. The van der Waals surface area contributed by atoms with Crippen LogP contribution in [0.1, 0.15) is 86.5 Å². The molecule has 0 spiro atoms. The molecule has 0 saturated carbocycles. The molecule has 4 atom stereocenters. The third kappa shape index (κ3) is 7.22. The standard InChI is InChI=1S/C39H48N6O7/c1-7-22-18(3)26-15-28-20(5)24(12-13-32(46)47)35(43-28)34(37(48)45-25(38(49)50)11-9-10-14-40)36-33(39(51)52)21(6)29(44-36)17-31-23(8-2)19(4)27(42-31)16-30(22)41-26/h7,16-17,20,24-25,28,41-42H,1,8-15,40H2,2-6H3,(H,45,48)(H,46,47)(H,49,50)(H,51,52)/b27-16?,31-17?,36-34+/t20-,24-,25?,28?/m0/s1. The number of nitrogens with two attached hydrogens (primary N) is 1. The number of nitrogens with one attached hydrogen (secondary N) is 3. The predicted octanol–water partition coefficient (Wildman–Crippen LogP) is 3.08. The van der Waals surface area contributed by atoms with Crippen molar-refractivity contribution in [2.24, 2.45) is 27.6 Å². The van der Waals surface area contributed by atoms with E-state index in [9.17, 15) is 34.5 Å². The van der Waals surface area contributed by atoms with E-state index >= 15 is 0 Å². The van der Waals surface area contributed by atoms with Crippen molar-refractivity contribution in [1.82, 2.24) is 15.3 Å². The van der Waals surface area contributed by atoms with Crippen LogP contribution in [0.4, 0.5) is 0 Å². The Bertz CT molecular complexity index is 2090. The first-order valence-corrected chi connectivity index (χ1v) is 17.8. The van der Waals surface area contributed by atoms with Gasteiger partial charge in [-0.25, -0.2) is 14.6 Å². The molecule has 52 heavy (non-hydrogen) atoms. The number of amides is 1. The fourth-order valence-electron chi connectivity index (χ4n) is 7.71. The van der Waals surface area contributed by atoms with Crippen molar-refractivity contribution in [2.75, 3.05) is 6.54 Å². The molecule has 0 fully saturated rings. The average Bonchev–Trinajstić information content (AvgIpc) is 3.76. The number of hydrogen-bond donors (Lipinski definition) is 7. The number of carbonyl (C=O) groups excluding carboxylic acids is 1. The zero-order chi connectivity index (χ0) is 38.0. The summed E-state index contributed by atoms with van der Waals surface area (Å²) in [5.74, 6) is -5.29. The van der Waals surface area contributed by atoms with Gasteiger partial charge in [0.05, 0.1) is 34.3 Å². The van der Waals surface area contributed by atoms with Gasteiger partial charge in [0.15, 0.2) is 0 Å². The molecule has 2 unspecified atom stereocenters. The Labute approximate surface area is 301 Å². The molecule has 13 nitrogen and oxygen atoms in total. The Kier molecular flexibility index (Phi) is 11.3. The summed E-state index contributed by atoms with van der Waals surface area (Å²) in [6.45, 7) is 14.0. The van der Waals surface area contributed by atoms with Gasteiger partial charge in [0.2, 0.25) is 0 Å². The van der Waals surface area contributed by atoms with Crippen molar-refractivity contribution in [1.29, 1.82) is 0 Å². The molecule has 8 N–H and O–H groups in total. The average molecular weight is 713 g/mol. The number of aliphatic imine (C=N–C) groups is 2. The van der Waals surface area contributed by atoms with E-state index in [4.69, 9.17) is 15.7 Å². The number of carboxylic acids is 3. The number of rotatable bonds is 13. The third-order valence-corrected chi connectivity index (χ3v) is 10.7. The highest BCUT2D eigenvalue weighted by molar-refractivity contribution is 6.30. The topological polar surface area (TPSA) is 223 Å². The number of aromatic amines is 2. The summed E-state index contributed by atoms with van der Waals surface area (Å²) >= 11 is 0. The molecule has 1 amide bonds. The van der Waals surface area contributed by atoms with Gasteiger partial charge in [0, 0.05) is 46.4 Å². The lowest BCUT2D eigenvalue weighted by atomic mass is 9.80. The lowest BCUT2D eigenvalue weighted by Crippen LogP contribution is -2.43. The number of fused-ring (bicyclic) bond motifs is 6. The van der Waals surface area contributed by atoms with Crippen LogP contribution in [0.15, 0.2) is 39.0 Å². The Balaban J connectivity index is 1.86. The van der Waals surface area contributed by atoms with Gasteiger partial charge in [-0.2, -0.15) is 0 Å². The van der Waals surface area contributed by atoms with Crippen LogP contribution in [0.5, 0.6) is 0 Å². The van der Waals surface area contributed by atoms with Crippen LogP contribution in [-0.4, -0.2) is 79.2 Å². The molecule has 2 aromatic rings. The number of aromatic nitrogens is 2. The highest BCUT2D eigenvalue weighted by Crippen LogP contribution is 2.40. The number of carbonyl (C=O) groups is 4. The summed E-state index contributed by atoms with van der Waals surface area (Å²) in [6, 6.07) is -1.73. The molecule has 5 heterocycles. The molecule has 8 bridgehead atoms. The fourth-order valence-corrected chi connectivity index (χ4v) is 7.71. The Morgan fingerprint density at radius 2 is 1.79 bits per heavy atom. The van der Waals surface area contributed by atoms with Gasteiger partial charge >= 0.3 is 17.9 Å². The van der Waals surface area contributed by atoms with E-state index in [-0.39, 0.29) is 47.7 Å². The van der Waals surface area contributed by atoms with Gasteiger partial charge in [-0.3, -0.25) is 14.6 Å². The minimum absolute atomic E-state index is 0.100. The van der Waals surface area contributed by atoms with Crippen molar-refractivity contribution >= 4 is 53.5 Å². The Morgan fingerprint density at radius 3 is 2.40 bits per heavy atom. The summed E-state index contributed by atoms with van der Waals surface area (Å²) in [6.07, 6.45) is 7.68. The van der Waals surface area contributed by atoms with Gasteiger partial charge < -0.3 is 36.3 Å². The smallest absolute Gasteiger partial charge is 0.338 e. The Hall–Kier alpha value is -5.30. The van der Waals surface area contributed by atoms with Crippen molar-refractivity contribution in [3.8, 4) is 0 Å². The van der Waals surface area contributed by atoms with Crippen LogP contribution in [0, 0.1) is 25.7 Å². The van der Waals surface area contributed by atoms with Gasteiger partial charge in [0.1, 0.15) is 6.04 Å². The second-order valence-corrected chi connectivity index (χ2v) is 13.8. The van der Waals surface area contributed by atoms with Crippen molar-refractivity contribution in [3.63, 3.8) is 0 Å². The summed E-state index contributed by atoms with van der Waals surface area (Å²) in [5.41, 5.74) is 11.7. The van der Waals surface area contributed by atoms with E-state index in [1.807, 2.05) is 33.8 Å². The zero-order valence-corrected chi connectivity index (χ0v) is 30.4. The van der Waals surface area contributed by atoms with E-state index in [0.29, 0.717) is 43.5 Å². The van der Waals surface area contributed by atoms with E-state index in [0.717, 1.165) is 44.3 Å². The number of allylic oxidation sites excluding steroid dienone is 1. The summed E-state index contributed by atoms with van der Waals surface area (Å²) in [5, 5.41) is 34.7. The SMILES string of the molecule is C=Cc1c2[nH]c(c1C)CC1N=C(/C(C(=O)NC(CCCCN)C(=O)O)=C3\N=C(C=c4[nH]c(c(C)c4CC)=C2)C(C)=C3C(=O)O)[C@@H](CCC(=O)O)[C@@H]1C. The monoisotopic (exact) mass is 712 g/mol. The largest absolute Gasteiger partial charge is 0.481 e. The number of unbranched alkanes of at least 4 members (excludes halogenated alkanes) is 1. The number of nitrogens with zero attached hydrogens (tertiary/aromatic N) is 2. The molecule has 3 aliphatic heterocycles. The molecule has 3 aliphatic rings. The summed E-state index contributed by atoms with van der Waals surface area (Å²) in [7, 11) is 0. The van der Waals surface area contributed by atoms with Crippen LogP contribution < -0.4 is 21.7 Å². The summed E-state index contributed by atoms with van der Waals surface area (Å²) < 4.78 is 0. The second kappa shape index (κ2) is 15.5. The van der Waals surface area contributed by atoms with E-state index in [2.05, 4.69) is 21.9 Å². The van der Waals surface area contributed by atoms with Crippen LogP contribution in [0.25, 0.3) is 18.2 Å². The first kappa shape index (κ1) is 37.9. The predicted molar refractivity (Wildman–Crippen MR) is 200 cm³/mol. The third-order valence-electron chi connectivity index (χ3n) is 10.7. The van der Waals surface area contributed by atoms with E-state index < -0.39 is 41.8 Å². The van der Waals surface area contributed by atoms with E-state index in [1.54, 1.807) is 19.1 Å². The van der Waals surface area contributed by atoms with E-state index in [1.165, 1.54) is 0 Å². The molecule has 0 saturated heterocycles. The molecule has 2 aromatic heterocycles. The molecule has 5 rings (SSSR count). The quantitative estimate of drug-likeness (QED) is 0.153.